The van der Waals surface area contributed by atoms with Crippen molar-refractivity contribution in [1.29, 1.82) is 0 Å². The van der Waals surface area contributed by atoms with E-state index in [0.717, 1.165) is 22.6 Å². The van der Waals surface area contributed by atoms with Crippen LogP contribution in [0.5, 0.6) is 0 Å². The number of fused-ring (bicyclic) bond motifs is 1. The first-order valence-electron chi connectivity index (χ1n) is 7.39. The lowest BCUT2D eigenvalue weighted by atomic mass is 9.85. The maximum Gasteiger partial charge on any atom is 0.0642 e. The van der Waals surface area contributed by atoms with E-state index in [4.69, 9.17) is 5.84 Å². The van der Waals surface area contributed by atoms with Crippen LogP contribution < -0.4 is 5.84 Å². The second-order valence-corrected chi connectivity index (χ2v) is 6.08. The zero-order valence-corrected chi connectivity index (χ0v) is 13.2. The van der Waals surface area contributed by atoms with Crippen molar-refractivity contribution in [2.75, 3.05) is 0 Å². The Labute approximate surface area is 131 Å². The van der Waals surface area contributed by atoms with Gasteiger partial charge in [0.05, 0.1) is 5.71 Å². The van der Waals surface area contributed by atoms with E-state index in [1.165, 1.54) is 41.5 Å². The number of aryl methyl sites for hydroxylation is 1. The van der Waals surface area contributed by atoms with Gasteiger partial charge in [-0.1, -0.05) is 24.3 Å². The summed E-state index contributed by atoms with van der Waals surface area (Å²) < 4.78 is 0. The molecule has 0 fully saturated rings. The largest absolute Gasteiger partial charge is 0.323 e. The fourth-order valence-corrected chi connectivity index (χ4v) is 3.34. The normalized spacial score (nSPS) is 14.9. The lowest BCUT2D eigenvalue weighted by molar-refractivity contribution is 0.687. The third-order valence-electron chi connectivity index (χ3n) is 4.29. The Kier molecular flexibility index (Phi) is 4.02. The Balaban J connectivity index is 2.16. The molecule has 1 aliphatic carbocycles. The van der Waals surface area contributed by atoms with Gasteiger partial charge in [0.25, 0.3) is 0 Å². The fourth-order valence-electron chi connectivity index (χ4n) is 3.09. The lowest BCUT2D eigenvalue weighted by Crippen LogP contribution is -2.05. The van der Waals surface area contributed by atoms with Gasteiger partial charge in [-0.3, -0.25) is 0 Å². The minimum absolute atomic E-state index is 0.842. The zero-order chi connectivity index (χ0) is 14.8. The highest BCUT2D eigenvalue weighted by molar-refractivity contribution is 7.80. The smallest absolute Gasteiger partial charge is 0.0642 e. The number of hydrogen-bond donors (Lipinski definition) is 2. The minimum Gasteiger partial charge on any atom is -0.323 e. The van der Waals surface area contributed by atoms with Crippen LogP contribution in [0.25, 0.3) is 11.1 Å². The maximum absolute atomic E-state index is 5.41. The van der Waals surface area contributed by atoms with Crippen LogP contribution in [0.2, 0.25) is 0 Å². The van der Waals surface area contributed by atoms with Crippen molar-refractivity contribution in [1.82, 2.24) is 0 Å². The molecule has 0 amide bonds. The Hall–Kier alpha value is -1.74. The monoisotopic (exact) mass is 296 g/mol. The maximum atomic E-state index is 5.41. The molecule has 2 aromatic rings. The van der Waals surface area contributed by atoms with E-state index in [1.807, 2.05) is 19.1 Å². The van der Waals surface area contributed by atoms with E-state index >= 15 is 0 Å². The molecule has 2 N–H and O–H groups in total. The highest BCUT2D eigenvalue weighted by atomic mass is 32.1. The summed E-state index contributed by atoms with van der Waals surface area (Å²) in [5.41, 5.74) is 7.36. The fraction of sp³-hybridized carbons (Fsp3) is 0.278. The number of hydrazone groups is 1. The molecule has 0 unspecified atom stereocenters. The van der Waals surface area contributed by atoms with Gasteiger partial charge in [0.2, 0.25) is 0 Å². The summed E-state index contributed by atoms with van der Waals surface area (Å²) in [5.74, 6) is 5.41. The molecule has 21 heavy (non-hydrogen) atoms. The third kappa shape index (κ3) is 2.70. The summed E-state index contributed by atoms with van der Waals surface area (Å²) in [4.78, 5) is 1.00. The number of rotatable bonds is 2. The molecule has 108 valence electrons. The van der Waals surface area contributed by atoms with Gasteiger partial charge in [0.15, 0.2) is 0 Å². The van der Waals surface area contributed by atoms with Crippen molar-refractivity contribution < 1.29 is 0 Å². The predicted octanol–water partition coefficient (Wildman–Crippen LogP) is 4.20. The van der Waals surface area contributed by atoms with Gasteiger partial charge in [-0.2, -0.15) is 5.10 Å². The summed E-state index contributed by atoms with van der Waals surface area (Å²) in [5, 5.41) is 3.80. The van der Waals surface area contributed by atoms with Crippen molar-refractivity contribution in [3.63, 3.8) is 0 Å². The van der Waals surface area contributed by atoms with Crippen LogP contribution in [-0.2, 0) is 12.8 Å². The van der Waals surface area contributed by atoms with Crippen LogP contribution >= 0.6 is 12.6 Å². The average molecular weight is 296 g/mol. The van der Waals surface area contributed by atoms with E-state index in [1.54, 1.807) is 0 Å². The van der Waals surface area contributed by atoms with E-state index < -0.39 is 0 Å². The molecule has 0 aliphatic heterocycles. The van der Waals surface area contributed by atoms with Gasteiger partial charge in [-0.25, -0.2) is 0 Å². The Bertz CT molecular complexity index is 704. The molecule has 0 atom stereocenters. The lowest BCUT2D eigenvalue weighted by Gasteiger charge is -2.20. The SMILES string of the molecule is CC(=NN)c1ccc(S)c(-c2cccc3c2CCCC3)c1. The summed E-state index contributed by atoms with van der Waals surface area (Å²) >= 11 is 4.65. The molecule has 3 heteroatoms. The first-order chi connectivity index (χ1) is 10.2. The van der Waals surface area contributed by atoms with Gasteiger partial charge in [0.1, 0.15) is 0 Å². The molecule has 0 saturated carbocycles. The number of hydrogen-bond acceptors (Lipinski definition) is 3. The Morgan fingerprint density at radius 1 is 1.10 bits per heavy atom. The highest BCUT2D eigenvalue weighted by Crippen LogP contribution is 2.35. The molecule has 2 aromatic carbocycles. The minimum atomic E-state index is 0.842. The van der Waals surface area contributed by atoms with Crippen molar-refractivity contribution in [2.45, 2.75) is 37.5 Å². The van der Waals surface area contributed by atoms with Gasteiger partial charge < -0.3 is 5.84 Å². The molecule has 0 heterocycles. The van der Waals surface area contributed by atoms with E-state index in [2.05, 4.69) is 42.0 Å². The van der Waals surface area contributed by atoms with E-state index in [0.29, 0.717) is 0 Å². The molecular weight excluding hydrogens is 276 g/mol. The Morgan fingerprint density at radius 3 is 2.71 bits per heavy atom. The zero-order valence-electron chi connectivity index (χ0n) is 12.3. The molecule has 0 saturated heterocycles. The summed E-state index contributed by atoms with van der Waals surface area (Å²) in [6, 6.07) is 12.8. The van der Waals surface area contributed by atoms with Crippen molar-refractivity contribution >= 4 is 18.3 Å². The molecule has 1 aliphatic rings. The van der Waals surface area contributed by atoms with Gasteiger partial charge >= 0.3 is 0 Å². The number of nitrogens with zero attached hydrogens (tertiary/aromatic N) is 1. The number of nitrogens with two attached hydrogens (primary N) is 1. The van der Waals surface area contributed by atoms with Crippen LogP contribution in [0.4, 0.5) is 0 Å². The molecule has 2 nitrogen and oxygen atoms in total. The van der Waals surface area contributed by atoms with Crippen LogP contribution in [0.15, 0.2) is 46.4 Å². The van der Waals surface area contributed by atoms with Crippen LogP contribution in [-0.4, -0.2) is 5.71 Å². The van der Waals surface area contributed by atoms with E-state index in [-0.39, 0.29) is 0 Å². The second-order valence-electron chi connectivity index (χ2n) is 5.60. The second kappa shape index (κ2) is 5.94. The van der Waals surface area contributed by atoms with Gasteiger partial charge in [-0.05, 0) is 72.6 Å². The molecular formula is C18H20N2S. The first kappa shape index (κ1) is 14.2. The van der Waals surface area contributed by atoms with Gasteiger partial charge in [0, 0.05) is 4.90 Å². The molecule has 0 spiro atoms. The summed E-state index contributed by atoms with van der Waals surface area (Å²) in [7, 11) is 0. The highest BCUT2D eigenvalue weighted by Gasteiger charge is 2.15. The van der Waals surface area contributed by atoms with Gasteiger partial charge in [-0.15, -0.1) is 12.6 Å². The molecule has 0 bridgehead atoms. The van der Waals surface area contributed by atoms with Crippen LogP contribution in [0.1, 0.15) is 36.5 Å². The first-order valence-corrected chi connectivity index (χ1v) is 7.84. The predicted molar refractivity (Wildman–Crippen MR) is 92.2 cm³/mol. The topological polar surface area (TPSA) is 38.4 Å². The number of thiol groups is 1. The standard InChI is InChI=1S/C18H20N2S/c1-12(20-19)14-9-10-18(21)17(11-14)16-8-4-6-13-5-2-3-7-15(13)16/h4,6,8-11,21H,2-3,5,7,19H2,1H3. The Morgan fingerprint density at radius 2 is 1.90 bits per heavy atom. The van der Waals surface area contributed by atoms with E-state index in [9.17, 15) is 0 Å². The molecule has 0 radical (unpaired) electrons. The molecule has 0 aromatic heterocycles. The molecule has 3 rings (SSSR count). The number of benzene rings is 2. The quantitative estimate of drug-likeness (QED) is 0.370. The third-order valence-corrected chi connectivity index (χ3v) is 4.68. The average Bonchev–Trinajstić information content (AvgIpc) is 2.54. The van der Waals surface area contributed by atoms with Crippen molar-refractivity contribution in [2.24, 2.45) is 10.9 Å². The van der Waals surface area contributed by atoms with Crippen LogP contribution in [0, 0.1) is 0 Å². The van der Waals surface area contributed by atoms with Crippen molar-refractivity contribution in [3.05, 3.63) is 53.1 Å². The summed E-state index contributed by atoms with van der Waals surface area (Å²) in [6.45, 7) is 1.93. The van der Waals surface area contributed by atoms with Crippen molar-refractivity contribution in [3.8, 4) is 11.1 Å². The van der Waals surface area contributed by atoms with Crippen LogP contribution in [0.3, 0.4) is 0 Å². The summed E-state index contributed by atoms with van der Waals surface area (Å²) in [6.07, 6.45) is 4.92.